The fraction of sp³-hybridized carbons (Fsp3) is 0.375. The van der Waals surface area contributed by atoms with Crippen molar-refractivity contribution in [1.29, 1.82) is 0 Å². The number of benzene rings is 4. The first-order valence-corrected chi connectivity index (χ1v) is 13.6. The minimum Gasteiger partial charge on any atom is -0.313 e. The lowest BCUT2D eigenvalue weighted by molar-refractivity contribution is 0.371. The highest BCUT2D eigenvalue weighted by Gasteiger charge is 2.19. The Kier molecular flexibility index (Phi) is 8.29. The van der Waals surface area contributed by atoms with Crippen molar-refractivity contribution >= 4 is 21.5 Å². The number of fused-ring (bicyclic) bond motifs is 2. The molecule has 4 aromatic rings. The first-order chi connectivity index (χ1) is 17.7. The van der Waals surface area contributed by atoms with Crippen LogP contribution in [0.5, 0.6) is 0 Å². The van der Waals surface area contributed by atoms with Gasteiger partial charge in [0.2, 0.25) is 0 Å². The van der Waals surface area contributed by atoms with E-state index in [1.807, 2.05) is 0 Å². The summed E-state index contributed by atoms with van der Waals surface area (Å²) in [6.07, 6.45) is 2.12. The summed E-state index contributed by atoms with van der Waals surface area (Å²) >= 11 is 0. The molecule has 4 atom stereocenters. The summed E-state index contributed by atoms with van der Waals surface area (Å²) in [5, 5.41) is 20.5. The van der Waals surface area contributed by atoms with Crippen molar-refractivity contribution in [3.8, 4) is 0 Å². The van der Waals surface area contributed by atoms with E-state index in [0.29, 0.717) is 24.2 Å². The van der Waals surface area contributed by atoms with Crippen LogP contribution in [-0.4, -0.2) is 38.3 Å². The summed E-state index contributed by atoms with van der Waals surface area (Å²) in [6.45, 7) is 8.41. The van der Waals surface area contributed by atoms with E-state index >= 15 is 0 Å². The number of nitrogens with one attached hydrogen (secondary N) is 4. The van der Waals surface area contributed by atoms with Gasteiger partial charge >= 0.3 is 0 Å². The van der Waals surface area contributed by atoms with E-state index in [0.717, 1.165) is 39.0 Å². The highest BCUT2D eigenvalue weighted by molar-refractivity contribution is 5.83. The number of hydrogen-bond donors (Lipinski definition) is 4. The second-order valence-electron chi connectivity index (χ2n) is 10.4. The van der Waals surface area contributed by atoms with E-state index in [4.69, 9.17) is 0 Å². The summed E-state index contributed by atoms with van der Waals surface area (Å²) in [5.41, 5.74) is 2.74. The Morgan fingerprint density at radius 2 is 0.861 bits per heavy atom. The van der Waals surface area contributed by atoms with Gasteiger partial charge in [0.15, 0.2) is 0 Å². The van der Waals surface area contributed by atoms with Gasteiger partial charge in [0.05, 0.1) is 0 Å². The van der Waals surface area contributed by atoms with Gasteiger partial charge in [-0.1, -0.05) is 72.8 Å². The van der Waals surface area contributed by atoms with Crippen LogP contribution in [-0.2, 0) is 0 Å². The van der Waals surface area contributed by atoms with E-state index in [1.54, 1.807) is 0 Å². The third-order valence-corrected chi connectivity index (χ3v) is 7.55. The standard InChI is InChI=1S/C32H40N4/c1-23-19-31(29-13-11-25-7-3-5-9-27(25)21-29)35-17-18-36-32(20-24(2)34-16-15-33-23)30-14-12-26-8-4-6-10-28(26)22-30/h3-14,21-24,31-36H,15-20H2,1-2H3/t23-,24+,31-,32-/m0/s1. The minimum atomic E-state index is 0.313. The van der Waals surface area contributed by atoms with Crippen LogP contribution in [0.1, 0.15) is 49.9 Å². The molecular formula is C32H40N4. The predicted octanol–water partition coefficient (Wildman–Crippen LogP) is 5.70. The largest absolute Gasteiger partial charge is 0.313 e. The Hall–Kier alpha value is -2.76. The Morgan fingerprint density at radius 3 is 1.31 bits per heavy atom. The van der Waals surface area contributed by atoms with Crippen LogP contribution in [0.25, 0.3) is 21.5 Å². The molecule has 0 aromatic heterocycles. The molecule has 1 aliphatic heterocycles. The molecule has 1 aliphatic rings. The summed E-state index contributed by atoms with van der Waals surface area (Å²) in [7, 11) is 0. The molecule has 0 radical (unpaired) electrons. The minimum absolute atomic E-state index is 0.313. The van der Waals surface area contributed by atoms with Crippen LogP contribution in [0.2, 0.25) is 0 Å². The van der Waals surface area contributed by atoms with Gasteiger partial charge in [-0.25, -0.2) is 0 Å². The van der Waals surface area contributed by atoms with Crippen LogP contribution < -0.4 is 21.3 Å². The van der Waals surface area contributed by atoms with E-state index < -0.39 is 0 Å². The summed E-state index contributed by atoms with van der Waals surface area (Å²) < 4.78 is 0. The molecule has 36 heavy (non-hydrogen) atoms. The van der Waals surface area contributed by atoms with Gasteiger partial charge in [-0.15, -0.1) is 0 Å². The van der Waals surface area contributed by atoms with Crippen molar-refractivity contribution in [2.75, 3.05) is 26.2 Å². The van der Waals surface area contributed by atoms with Gasteiger partial charge < -0.3 is 21.3 Å². The van der Waals surface area contributed by atoms with Crippen molar-refractivity contribution in [2.24, 2.45) is 0 Å². The number of hydrogen-bond acceptors (Lipinski definition) is 4. The average molecular weight is 481 g/mol. The van der Waals surface area contributed by atoms with Crippen molar-refractivity contribution in [3.05, 3.63) is 96.1 Å². The molecule has 1 fully saturated rings. The second-order valence-corrected chi connectivity index (χ2v) is 10.4. The highest BCUT2D eigenvalue weighted by Crippen LogP contribution is 2.25. The maximum absolute atomic E-state index is 3.88. The molecule has 4 aromatic carbocycles. The Labute approximate surface area is 215 Å². The summed E-state index contributed by atoms with van der Waals surface area (Å²) in [4.78, 5) is 0. The molecular weight excluding hydrogens is 440 g/mol. The van der Waals surface area contributed by atoms with E-state index in [-0.39, 0.29) is 0 Å². The number of rotatable bonds is 2. The van der Waals surface area contributed by atoms with E-state index in [2.05, 4.69) is 120 Å². The molecule has 5 rings (SSSR count). The fourth-order valence-electron chi connectivity index (χ4n) is 5.53. The summed E-state index contributed by atoms with van der Waals surface area (Å²) in [6, 6.07) is 32.6. The van der Waals surface area contributed by atoms with Crippen LogP contribution in [0.15, 0.2) is 84.9 Å². The van der Waals surface area contributed by atoms with Crippen LogP contribution in [0.4, 0.5) is 0 Å². The van der Waals surface area contributed by atoms with Gasteiger partial charge in [0.25, 0.3) is 0 Å². The van der Waals surface area contributed by atoms with Gasteiger partial charge in [0, 0.05) is 50.3 Å². The third kappa shape index (κ3) is 6.32. The molecule has 1 heterocycles. The lowest BCUT2D eigenvalue weighted by atomic mass is 9.96. The van der Waals surface area contributed by atoms with Gasteiger partial charge in [0.1, 0.15) is 0 Å². The normalized spacial score (nSPS) is 24.9. The molecule has 0 unspecified atom stereocenters. The third-order valence-electron chi connectivity index (χ3n) is 7.55. The molecule has 0 aliphatic carbocycles. The monoisotopic (exact) mass is 480 g/mol. The van der Waals surface area contributed by atoms with Crippen molar-refractivity contribution in [2.45, 2.75) is 50.9 Å². The lowest BCUT2D eigenvalue weighted by Crippen LogP contribution is -2.42. The van der Waals surface area contributed by atoms with Gasteiger partial charge in [-0.2, -0.15) is 0 Å². The topological polar surface area (TPSA) is 48.1 Å². The first kappa shape index (κ1) is 24.9. The van der Waals surface area contributed by atoms with Gasteiger partial charge in [-0.3, -0.25) is 0 Å². The van der Waals surface area contributed by atoms with Crippen molar-refractivity contribution < 1.29 is 0 Å². The van der Waals surface area contributed by atoms with Crippen LogP contribution in [0.3, 0.4) is 0 Å². The SMILES string of the molecule is C[C@@H]1C[C@@H](c2ccc3ccccc3c2)NCCN[C@H](c2ccc3ccccc3c2)C[C@H](C)NCCN1. The average Bonchev–Trinajstić information content (AvgIpc) is 2.91. The Balaban J connectivity index is 1.33. The molecule has 188 valence electrons. The first-order valence-electron chi connectivity index (χ1n) is 13.6. The molecule has 0 amide bonds. The lowest BCUT2D eigenvalue weighted by Gasteiger charge is -2.28. The fourth-order valence-corrected chi connectivity index (χ4v) is 5.53. The van der Waals surface area contributed by atoms with Crippen LogP contribution >= 0.6 is 0 Å². The molecule has 0 spiro atoms. The zero-order chi connectivity index (χ0) is 24.7. The highest BCUT2D eigenvalue weighted by atomic mass is 15.0. The Morgan fingerprint density at radius 1 is 0.472 bits per heavy atom. The molecule has 4 heteroatoms. The molecule has 1 saturated heterocycles. The van der Waals surface area contributed by atoms with Gasteiger partial charge in [-0.05, 0) is 71.5 Å². The molecule has 4 N–H and O–H groups in total. The zero-order valence-corrected chi connectivity index (χ0v) is 21.6. The maximum atomic E-state index is 3.88. The maximum Gasteiger partial charge on any atom is 0.0335 e. The molecule has 0 bridgehead atoms. The van der Waals surface area contributed by atoms with E-state index in [1.165, 1.54) is 32.7 Å². The molecule has 4 nitrogen and oxygen atoms in total. The summed E-state index contributed by atoms with van der Waals surface area (Å²) in [5.74, 6) is 0. The predicted molar refractivity (Wildman–Crippen MR) is 154 cm³/mol. The zero-order valence-electron chi connectivity index (χ0n) is 21.6. The molecule has 0 saturated carbocycles. The van der Waals surface area contributed by atoms with Crippen molar-refractivity contribution in [1.82, 2.24) is 21.3 Å². The smallest absolute Gasteiger partial charge is 0.0335 e. The van der Waals surface area contributed by atoms with Crippen molar-refractivity contribution in [3.63, 3.8) is 0 Å². The second kappa shape index (κ2) is 12.0. The quantitative estimate of drug-likeness (QED) is 0.297. The van der Waals surface area contributed by atoms with Crippen LogP contribution in [0, 0.1) is 0 Å². The van der Waals surface area contributed by atoms with E-state index in [9.17, 15) is 0 Å². The Bertz CT molecular complexity index is 1170.